The van der Waals surface area contributed by atoms with Gasteiger partial charge < -0.3 is 9.42 Å². The number of aryl methyl sites for hydroxylation is 2. The molecule has 2 aromatic heterocycles. The second kappa shape index (κ2) is 6.12. The first kappa shape index (κ1) is 15.5. The second-order valence-corrected chi connectivity index (χ2v) is 6.44. The van der Waals surface area contributed by atoms with Gasteiger partial charge in [0.05, 0.1) is 0 Å². The van der Waals surface area contributed by atoms with Crippen molar-refractivity contribution in [2.75, 3.05) is 11.4 Å². The Hall–Kier alpha value is -3.02. The van der Waals surface area contributed by atoms with Crippen molar-refractivity contribution in [1.82, 2.24) is 15.1 Å². The Morgan fingerprint density at radius 1 is 1.12 bits per heavy atom. The van der Waals surface area contributed by atoms with E-state index in [0.29, 0.717) is 24.7 Å². The lowest BCUT2D eigenvalue weighted by Crippen LogP contribution is -2.24. The lowest BCUT2D eigenvalue weighted by atomic mass is 10.1. The molecular formula is C19H18N4O2. The standard InChI is InChI=1S/C19H18N4O2/c1-12-7-13(2)9-16(8-12)23-11-15(10-17(23)24)18-21-19(25-22-18)14-3-5-20-6-4-14/h3-9,15H,10-11H2,1-2H3. The van der Waals surface area contributed by atoms with Crippen molar-refractivity contribution < 1.29 is 9.32 Å². The van der Waals surface area contributed by atoms with Gasteiger partial charge in [0.25, 0.3) is 5.89 Å². The molecule has 4 rings (SSSR count). The smallest absolute Gasteiger partial charge is 0.258 e. The molecule has 0 spiro atoms. The lowest BCUT2D eigenvalue weighted by Gasteiger charge is -2.17. The number of carbonyl (C=O) groups excluding carboxylic acids is 1. The van der Waals surface area contributed by atoms with E-state index in [2.05, 4.69) is 21.2 Å². The van der Waals surface area contributed by atoms with Crippen LogP contribution in [0.3, 0.4) is 0 Å². The first-order chi connectivity index (χ1) is 12.1. The van der Waals surface area contributed by atoms with Crippen molar-refractivity contribution in [3.05, 3.63) is 59.7 Å². The summed E-state index contributed by atoms with van der Waals surface area (Å²) in [6.07, 6.45) is 3.75. The number of benzene rings is 1. The zero-order valence-electron chi connectivity index (χ0n) is 14.1. The predicted octanol–water partition coefficient (Wildman–Crippen LogP) is 3.27. The Labute approximate surface area is 145 Å². The van der Waals surface area contributed by atoms with E-state index in [4.69, 9.17) is 4.52 Å². The Kier molecular flexibility index (Phi) is 3.80. The second-order valence-electron chi connectivity index (χ2n) is 6.44. The molecule has 1 fully saturated rings. The van der Waals surface area contributed by atoms with Gasteiger partial charge in [-0.15, -0.1) is 0 Å². The molecule has 0 N–H and O–H groups in total. The van der Waals surface area contributed by atoms with Gasteiger partial charge in [-0.3, -0.25) is 9.78 Å². The van der Waals surface area contributed by atoms with Crippen molar-refractivity contribution in [2.24, 2.45) is 0 Å². The Morgan fingerprint density at radius 3 is 2.56 bits per heavy atom. The number of hydrogen-bond donors (Lipinski definition) is 0. The summed E-state index contributed by atoms with van der Waals surface area (Å²) in [6.45, 7) is 4.64. The van der Waals surface area contributed by atoms with Gasteiger partial charge in [0, 0.05) is 42.5 Å². The average Bonchev–Trinajstić information content (AvgIpc) is 3.21. The summed E-state index contributed by atoms with van der Waals surface area (Å²) >= 11 is 0. The summed E-state index contributed by atoms with van der Waals surface area (Å²) in [4.78, 5) is 22.8. The monoisotopic (exact) mass is 334 g/mol. The van der Waals surface area contributed by atoms with E-state index in [1.54, 1.807) is 12.4 Å². The van der Waals surface area contributed by atoms with Gasteiger partial charge >= 0.3 is 0 Å². The third kappa shape index (κ3) is 3.03. The molecule has 6 heteroatoms. The number of pyridine rings is 1. The van der Waals surface area contributed by atoms with E-state index in [9.17, 15) is 4.79 Å². The number of anilines is 1. The quantitative estimate of drug-likeness (QED) is 0.735. The average molecular weight is 334 g/mol. The van der Waals surface area contributed by atoms with Crippen molar-refractivity contribution in [3.63, 3.8) is 0 Å². The van der Waals surface area contributed by atoms with E-state index in [1.165, 1.54) is 0 Å². The summed E-state index contributed by atoms with van der Waals surface area (Å²) in [5.74, 6) is 1.06. The highest BCUT2D eigenvalue weighted by molar-refractivity contribution is 5.96. The van der Waals surface area contributed by atoms with E-state index < -0.39 is 0 Å². The van der Waals surface area contributed by atoms with Crippen LogP contribution in [0.4, 0.5) is 5.69 Å². The molecule has 25 heavy (non-hydrogen) atoms. The first-order valence-corrected chi connectivity index (χ1v) is 8.23. The number of amides is 1. The Morgan fingerprint density at radius 2 is 1.84 bits per heavy atom. The maximum atomic E-state index is 12.5. The van der Waals surface area contributed by atoms with Crippen molar-refractivity contribution in [3.8, 4) is 11.5 Å². The highest BCUT2D eigenvalue weighted by atomic mass is 16.5. The molecule has 3 aromatic rings. The predicted molar refractivity (Wildman–Crippen MR) is 93.2 cm³/mol. The third-order valence-electron chi connectivity index (χ3n) is 4.38. The fourth-order valence-electron chi connectivity index (χ4n) is 3.25. The van der Waals surface area contributed by atoms with Crippen LogP contribution in [0.2, 0.25) is 0 Å². The minimum Gasteiger partial charge on any atom is -0.334 e. The third-order valence-corrected chi connectivity index (χ3v) is 4.38. The van der Waals surface area contributed by atoms with Gasteiger partial charge in [0.1, 0.15) is 0 Å². The number of hydrogen-bond acceptors (Lipinski definition) is 5. The molecule has 1 aromatic carbocycles. The summed E-state index contributed by atoms with van der Waals surface area (Å²) in [6, 6.07) is 9.80. The lowest BCUT2D eigenvalue weighted by molar-refractivity contribution is -0.117. The van der Waals surface area contributed by atoms with Crippen LogP contribution in [-0.4, -0.2) is 27.6 Å². The van der Waals surface area contributed by atoms with Crippen molar-refractivity contribution in [2.45, 2.75) is 26.2 Å². The van der Waals surface area contributed by atoms with Crippen LogP contribution >= 0.6 is 0 Å². The van der Waals surface area contributed by atoms with Crippen LogP contribution in [-0.2, 0) is 4.79 Å². The Bertz CT molecular complexity index is 900. The SMILES string of the molecule is Cc1cc(C)cc(N2CC(c3noc(-c4ccncc4)n3)CC2=O)c1. The number of carbonyl (C=O) groups is 1. The van der Waals surface area contributed by atoms with Crippen LogP contribution in [0.15, 0.2) is 47.2 Å². The summed E-state index contributed by atoms with van der Waals surface area (Å²) in [5, 5.41) is 4.09. The van der Waals surface area contributed by atoms with Gasteiger partial charge in [0.15, 0.2) is 5.82 Å². The van der Waals surface area contributed by atoms with Crippen LogP contribution in [0.25, 0.3) is 11.5 Å². The van der Waals surface area contributed by atoms with Crippen LogP contribution in [0, 0.1) is 13.8 Å². The molecule has 6 nitrogen and oxygen atoms in total. The summed E-state index contributed by atoms with van der Waals surface area (Å²) in [5.41, 5.74) is 4.05. The normalized spacial score (nSPS) is 17.3. The van der Waals surface area contributed by atoms with Gasteiger partial charge in [0.2, 0.25) is 5.91 Å². The van der Waals surface area contributed by atoms with Gasteiger partial charge in [-0.25, -0.2) is 0 Å². The zero-order chi connectivity index (χ0) is 17.4. The number of aromatic nitrogens is 3. The molecule has 1 aliphatic heterocycles. The number of rotatable bonds is 3. The molecular weight excluding hydrogens is 316 g/mol. The van der Waals surface area contributed by atoms with Crippen molar-refractivity contribution in [1.29, 1.82) is 0 Å². The first-order valence-electron chi connectivity index (χ1n) is 8.23. The molecule has 0 radical (unpaired) electrons. The molecule has 1 saturated heterocycles. The molecule has 0 bridgehead atoms. The highest BCUT2D eigenvalue weighted by Gasteiger charge is 2.34. The minimum absolute atomic E-state index is 0.0624. The molecule has 126 valence electrons. The van der Waals surface area contributed by atoms with Crippen LogP contribution in [0.5, 0.6) is 0 Å². The molecule has 0 saturated carbocycles. The molecule has 1 unspecified atom stereocenters. The van der Waals surface area contributed by atoms with E-state index in [1.807, 2.05) is 43.0 Å². The largest absolute Gasteiger partial charge is 0.334 e. The van der Waals surface area contributed by atoms with Gasteiger partial charge in [-0.2, -0.15) is 4.98 Å². The summed E-state index contributed by atoms with van der Waals surface area (Å²) in [7, 11) is 0. The van der Waals surface area contributed by atoms with Crippen molar-refractivity contribution >= 4 is 11.6 Å². The minimum atomic E-state index is -0.0624. The molecule has 1 aliphatic rings. The van der Waals surface area contributed by atoms with E-state index in [-0.39, 0.29) is 11.8 Å². The zero-order valence-corrected chi connectivity index (χ0v) is 14.1. The summed E-state index contributed by atoms with van der Waals surface area (Å²) < 4.78 is 5.36. The molecule has 3 heterocycles. The van der Waals surface area contributed by atoms with E-state index in [0.717, 1.165) is 22.4 Å². The number of nitrogens with zero attached hydrogens (tertiary/aromatic N) is 4. The van der Waals surface area contributed by atoms with Crippen LogP contribution in [0.1, 0.15) is 29.3 Å². The molecule has 0 aliphatic carbocycles. The van der Waals surface area contributed by atoms with Crippen LogP contribution < -0.4 is 4.90 Å². The van der Waals surface area contributed by atoms with Gasteiger partial charge in [-0.05, 0) is 49.2 Å². The maximum absolute atomic E-state index is 12.5. The molecule has 1 amide bonds. The highest BCUT2D eigenvalue weighted by Crippen LogP contribution is 2.32. The fraction of sp³-hybridized carbons (Fsp3) is 0.263. The fourth-order valence-corrected chi connectivity index (χ4v) is 3.25. The van der Waals surface area contributed by atoms with E-state index >= 15 is 0 Å². The molecule has 1 atom stereocenters. The maximum Gasteiger partial charge on any atom is 0.258 e. The topological polar surface area (TPSA) is 72.1 Å². The van der Waals surface area contributed by atoms with Gasteiger partial charge in [-0.1, -0.05) is 11.2 Å². The Balaban J connectivity index is 1.57.